The number of benzene rings is 1. The summed E-state index contributed by atoms with van der Waals surface area (Å²) in [6.07, 6.45) is 5.45. The second kappa shape index (κ2) is 14.2. The number of aromatic nitrogens is 1. The van der Waals surface area contributed by atoms with Gasteiger partial charge in [0.1, 0.15) is 6.04 Å². The highest BCUT2D eigenvalue weighted by Crippen LogP contribution is 2.44. The van der Waals surface area contributed by atoms with E-state index in [1.807, 2.05) is 61.5 Å². The molecule has 2 amide bonds. The summed E-state index contributed by atoms with van der Waals surface area (Å²) >= 11 is 3.20. The SMILES string of the molecule is Cc1ccc(C(=O)N2Cc3ccccc3CC2C(=O)NC2CCCN(SP(C)C)CC2=O)s1.c1ccncc1. The first-order chi connectivity index (χ1) is 18.8. The molecule has 2 atom stereocenters. The Kier molecular flexibility index (Phi) is 10.7. The highest BCUT2D eigenvalue weighted by atomic mass is 32.7. The number of nitrogens with one attached hydrogen (secondary N) is 1. The molecule has 0 spiro atoms. The van der Waals surface area contributed by atoms with Gasteiger partial charge in [-0.05, 0) is 75.6 Å². The van der Waals surface area contributed by atoms with Crippen LogP contribution in [0.4, 0.5) is 0 Å². The van der Waals surface area contributed by atoms with Crippen LogP contribution in [0.2, 0.25) is 0 Å². The summed E-state index contributed by atoms with van der Waals surface area (Å²) in [5.74, 6) is -0.316. The lowest BCUT2D eigenvalue weighted by molar-refractivity contribution is -0.130. The molecule has 0 saturated carbocycles. The molecule has 10 heteroatoms. The van der Waals surface area contributed by atoms with E-state index in [4.69, 9.17) is 0 Å². The van der Waals surface area contributed by atoms with Crippen molar-refractivity contribution in [2.24, 2.45) is 0 Å². The predicted octanol–water partition coefficient (Wildman–Crippen LogP) is 5.16. The quantitative estimate of drug-likeness (QED) is 0.331. The van der Waals surface area contributed by atoms with Crippen LogP contribution in [-0.4, -0.2) is 70.3 Å². The number of rotatable bonds is 5. The van der Waals surface area contributed by atoms with Gasteiger partial charge in [0, 0.05) is 36.8 Å². The van der Waals surface area contributed by atoms with E-state index in [0.717, 1.165) is 29.0 Å². The first kappa shape index (κ1) is 29.4. The number of fused-ring (bicyclic) bond motifs is 1. The average molecular weight is 583 g/mol. The number of hydrogen-bond donors (Lipinski definition) is 1. The zero-order valence-corrected chi connectivity index (χ0v) is 25.1. The maximum Gasteiger partial charge on any atom is 0.264 e. The highest BCUT2D eigenvalue weighted by molar-refractivity contribution is 8.54. The fourth-order valence-corrected chi connectivity index (χ4v) is 8.18. The van der Waals surface area contributed by atoms with Crippen LogP contribution in [0.3, 0.4) is 0 Å². The molecular weight excluding hydrogens is 547 g/mol. The van der Waals surface area contributed by atoms with Crippen LogP contribution in [0.25, 0.3) is 0 Å². The zero-order valence-electron chi connectivity index (χ0n) is 22.6. The van der Waals surface area contributed by atoms with Gasteiger partial charge in [-0.25, -0.2) is 4.31 Å². The van der Waals surface area contributed by atoms with E-state index < -0.39 is 12.1 Å². The molecule has 206 valence electrons. The number of ketones is 1. The van der Waals surface area contributed by atoms with Crippen LogP contribution in [0.15, 0.2) is 67.0 Å². The molecule has 3 aromatic rings. The lowest BCUT2D eigenvalue weighted by Gasteiger charge is -2.36. The number of hydrogen-bond acceptors (Lipinski definition) is 7. The van der Waals surface area contributed by atoms with Crippen LogP contribution in [0.1, 0.15) is 38.5 Å². The minimum atomic E-state index is -0.629. The van der Waals surface area contributed by atoms with Gasteiger partial charge in [0.15, 0.2) is 5.78 Å². The molecule has 4 heterocycles. The minimum absolute atomic E-state index is 0.0492. The van der Waals surface area contributed by atoms with Crippen molar-refractivity contribution in [3.05, 3.63) is 87.9 Å². The van der Waals surface area contributed by atoms with Gasteiger partial charge in [0.2, 0.25) is 5.91 Å². The number of pyridine rings is 1. The van der Waals surface area contributed by atoms with Gasteiger partial charge in [-0.15, -0.1) is 11.3 Å². The van der Waals surface area contributed by atoms with Crippen LogP contribution in [0.5, 0.6) is 0 Å². The largest absolute Gasteiger partial charge is 0.344 e. The van der Waals surface area contributed by atoms with Gasteiger partial charge >= 0.3 is 0 Å². The number of aryl methyl sites for hydroxylation is 1. The molecule has 39 heavy (non-hydrogen) atoms. The van der Waals surface area contributed by atoms with Crippen LogP contribution in [0, 0.1) is 6.92 Å². The maximum atomic E-state index is 13.5. The molecule has 2 unspecified atom stereocenters. The van der Waals surface area contributed by atoms with Gasteiger partial charge in [-0.3, -0.25) is 19.4 Å². The Bertz CT molecular complexity index is 1240. The van der Waals surface area contributed by atoms with Gasteiger partial charge in [-0.2, -0.15) is 0 Å². The summed E-state index contributed by atoms with van der Waals surface area (Å²) in [5, 5.41) is 3.01. The molecule has 1 fully saturated rings. The fourth-order valence-electron chi connectivity index (χ4n) is 4.69. The number of Topliss-reactive ketones (excluding diaryl/α,β-unsaturated/α-hetero) is 1. The third-order valence-electron chi connectivity index (χ3n) is 6.55. The van der Waals surface area contributed by atoms with Gasteiger partial charge < -0.3 is 10.2 Å². The second-order valence-electron chi connectivity index (χ2n) is 9.78. The topological polar surface area (TPSA) is 82.6 Å². The molecule has 2 aromatic heterocycles. The predicted molar refractivity (Wildman–Crippen MR) is 161 cm³/mol. The third kappa shape index (κ3) is 8.21. The standard InChI is InChI=1S/C24H30N3O3PS2.C5H5N/c1-16-10-11-22(32-16)24(30)27-14-18-8-5-4-7-17(18)13-20(27)23(29)25-19-9-6-12-26(15-21(19)28)33-31(2)3;1-2-4-6-5-3-1/h4-5,7-8,10-11,19-20H,6,9,12-15H2,1-3H3,(H,25,29);1-5H. The van der Waals surface area contributed by atoms with Gasteiger partial charge in [-0.1, -0.05) is 41.9 Å². The summed E-state index contributed by atoms with van der Waals surface area (Å²) in [5.41, 5.74) is 2.15. The normalized spacial score (nSPS) is 19.5. The monoisotopic (exact) mass is 582 g/mol. The number of carbonyl (C=O) groups is 3. The Morgan fingerprint density at radius 2 is 1.77 bits per heavy atom. The Morgan fingerprint density at radius 1 is 1.03 bits per heavy atom. The molecular formula is C29H35N4O3PS2. The van der Waals surface area contributed by atoms with Gasteiger partial charge in [0.25, 0.3) is 5.91 Å². The van der Waals surface area contributed by atoms with Crippen molar-refractivity contribution in [2.45, 2.75) is 44.8 Å². The highest BCUT2D eigenvalue weighted by Gasteiger charge is 2.37. The Labute approximate surface area is 240 Å². The summed E-state index contributed by atoms with van der Waals surface area (Å²) in [6.45, 7) is 7.91. The number of carbonyl (C=O) groups excluding carboxylic acids is 3. The molecule has 2 aliphatic rings. The molecule has 1 saturated heterocycles. The number of nitrogens with zero attached hydrogens (tertiary/aromatic N) is 3. The van der Waals surface area contributed by atoms with Crippen molar-refractivity contribution in [1.82, 2.24) is 19.5 Å². The van der Waals surface area contributed by atoms with Crippen molar-refractivity contribution < 1.29 is 14.4 Å². The molecule has 0 bridgehead atoms. The first-order valence-electron chi connectivity index (χ1n) is 13.0. The summed E-state index contributed by atoms with van der Waals surface area (Å²) in [4.78, 5) is 46.9. The molecule has 2 aliphatic heterocycles. The van der Waals surface area contributed by atoms with E-state index >= 15 is 0 Å². The molecule has 1 aromatic carbocycles. The van der Waals surface area contributed by atoms with Crippen molar-refractivity contribution in [3.8, 4) is 0 Å². The van der Waals surface area contributed by atoms with E-state index in [9.17, 15) is 14.4 Å². The van der Waals surface area contributed by atoms with Crippen molar-refractivity contribution in [1.29, 1.82) is 0 Å². The van der Waals surface area contributed by atoms with Crippen LogP contribution in [-0.2, 0) is 22.6 Å². The molecule has 7 nitrogen and oxygen atoms in total. The lowest BCUT2D eigenvalue weighted by atomic mass is 9.93. The first-order valence-corrected chi connectivity index (χ1v) is 17.5. The molecule has 0 radical (unpaired) electrons. The molecule has 5 rings (SSSR count). The number of thiophene rings is 1. The minimum Gasteiger partial charge on any atom is -0.344 e. The average Bonchev–Trinajstić information content (AvgIpc) is 3.30. The summed E-state index contributed by atoms with van der Waals surface area (Å²) in [6, 6.07) is 16.3. The maximum absolute atomic E-state index is 13.5. The van der Waals surface area contributed by atoms with Crippen LogP contribution < -0.4 is 5.32 Å². The molecule has 1 N–H and O–H groups in total. The van der Waals surface area contributed by atoms with Crippen molar-refractivity contribution in [3.63, 3.8) is 0 Å². The molecule has 0 aliphatic carbocycles. The van der Waals surface area contributed by atoms with E-state index in [2.05, 4.69) is 27.9 Å². The zero-order chi connectivity index (χ0) is 27.8. The lowest BCUT2D eigenvalue weighted by Crippen LogP contribution is -2.55. The second-order valence-corrected chi connectivity index (χ2v) is 16.1. The number of amides is 2. The summed E-state index contributed by atoms with van der Waals surface area (Å²) in [7, 11) is -0.194. The smallest absolute Gasteiger partial charge is 0.264 e. The Morgan fingerprint density at radius 3 is 2.38 bits per heavy atom. The van der Waals surface area contributed by atoms with Gasteiger partial charge in [0.05, 0.1) is 17.5 Å². The summed E-state index contributed by atoms with van der Waals surface area (Å²) < 4.78 is 2.13. The Hall–Kier alpha value is -2.58. The van der Waals surface area contributed by atoms with E-state index in [0.29, 0.717) is 30.8 Å². The van der Waals surface area contributed by atoms with Crippen molar-refractivity contribution in [2.75, 3.05) is 26.4 Å². The van der Waals surface area contributed by atoms with Crippen LogP contribution >= 0.6 is 30.0 Å². The fraction of sp³-hybridized carbons (Fsp3) is 0.379. The van der Waals surface area contributed by atoms with Crippen molar-refractivity contribution >= 4 is 47.6 Å². The van der Waals surface area contributed by atoms with E-state index in [1.54, 1.807) is 28.9 Å². The van der Waals surface area contributed by atoms with E-state index in [-0.39, 0.29) is 24.7 Å². The third-order valence-corrected chi connectivity index (χ3v) is 10.1. The van der Waals surface area contributed by atoms with E-state index in [1.165, 1.54) is 11.3 Å². The Balaban J connectivity index is 0.000000519.